The van der Waals surface area contributed by atoms with Crippen molar-refractivity contribution in [3.8, 4) is 45.5 Å². The van der Waals surface area contributed by atoms with E-state index in [1.54, 1.807) is 11.3 Å². The molecular formula is C57H33N5S2. The fraction of sp³-hybridized carbons (Fsp3) is 0. The molecule has 0 N–H and O–H groups in total. The van der Waals surface area contributed by atoms with E-state index in [0.717, 1.165) is 44.5 Å². The van der Waals surface area contributed by atoms with E-state index in [0.29, 0.717) is 17.5 Å². The molecule has 7 heteroatoms. The van der Waals surface area contributed by atoms with E-state index in [4.69, 9.17) is 15.0 Å². The lowest BCUT2D eigenvalue weighted by Gasteiger charge is -2.15. The van der Waals surface area contributed by atoms with E-state index in [2.05, 4.69) is 191 Å². The van der Waals surface area contributed by atoms with Gasteiger partial charge in [-0.05, 0) is 54.6 Å². The normalized spacial score (nSPS) is 12.1. The van der Waals surface area contributed by atoms with Crippen molar-refractivity contribution in [2.24, 2.45) is 0 Å². The zero-order chi connectivity index (χ0) is 41.9. The third kappa shape index (κ3) is 5.26. The van der Waals surface area contributed by atoms with Crippen LogP contribution in [0.3, 0.4) is 0 Å². The number of hydrogen-bond acceptors (Lipinski definition) is 5. The van der Waals surface area contributed by atoms with Gasteiger partial charge in [0.15, 0.2) is 17.5 Å². The van der Waals surface area contributed by atoms with Crippen LogP contribution in [0.25, 0.3) is 129 Å². The molecule has 0 saturated carbocycles. The maximum absolute atomic E-state index is 5.45. The smallest absolute Gasteiger partial charge is 0.164 e. The Morgan fingerprint density at radius 2 is 0.812 bits per heavy atom. The molecule has 5 aromatic heterocycles. The number of para-hydroxylation sites is 3. The van der Waals surface area contributed by atoms with Gasteiger partial charge in [-0.15, -0.1) is 22.7 Å². The van der Waals surface area contributed by atoms with Crippen LogP contribution in [0.15, 0.2) is 200 Å². The Hall–Kier alpha value is -7.97. The summed E-state index contributed by atoms with van der Waals surface area (Å²) in [5, 5.41) is 9.68. The summed E-state index contributed by atoms with van der Waals surface area (Å²) in [6.45, 7) is 0. The van der Waals surface area contributed by atoms with Crippen LogP contribution in [-0.2, 0) is 0 Å². The van der Waals surface area contributed by atoms with Gasteiger partial charge in [0.25, 0.3) is 0 Å². The summed E-state index contributed by atoms with van der Waals surface area (Å²) in [6, 6.07) is 71.9. The van der Waals surface area contributed by atoms with Gasteiger partial charge in [0.1, 0.15) is 0 Å². The van der Waals surface area contributed by atoms with E-state index in [9.17, 15) is 0 Å². The molecule has 0 unspecified atom stereocenters. The van der Waals surface area contributed by atoms with Crippen LogP contribution in [0.1, 0.15) is 0 Å². The Morgan fingerprint density at radius 3 is 1.52 bits per heavy atom. The largest absolute Gasteiger partial charge is 0.307 e. The Kier molecular flexibility index (Phi) is 7.66. The third-order valence-corrected chi connectivity index (χ3v) is 15.0. The van der Waals surface area contributed by atoms with E-state index in [1.807, 2.05) is 29.5 Å². The van der Waals surface area contributed by atoms with Crippen LogP contribution in [0.2, 0.25) is 0 Å². The van der Waals surface area contributed by atoms with Gasteiger partial charge in [0.2, 0.25) is 0 Å². The topological polar surface area (TPSA) is 48.5 Å². The molecule has 0 aliphatic rings. The summed E-state index contributed by atoms with van der Waals surface area (Å²) in [7, 11) is 0. The van der Waals surface area contributed by atoms with E-state index >= 15 is 0 Å². The van der Waals surface area contributed by atoms with E-state index in [-0.39, 0.29) is 0 Å². The minimum absolute atomic E-state index is 0.639. The Bertz CT molecular complexity index is 4200. The summed E-state index contributed by atoms with van der Waals surface area (Å²) >= 11 is 3.62. The van der Waals surface area contributed by atoms with Crippen LogP contribution in [-0.4, -0.2) is 24.1 Å². The quantitative estimate of drug-likeness (QED) is 0.173. The molecule has 5 heterocycles. The number of hydrogen-bond donors (Lipinski definition) is 0. The first-order chi connectivity index (χ1) is 31.7. The molecule has 0 aliphatic carbocycles. The predicted octanol–water partition coefficient (Wildman–Crippen LogP) is 15.8. The molecule has 0 spiro atoms. The zero-order valence-electron chi connectivity index (χ0n) is 34.1. The molecule has 0 aliphatic heterocycles. The Labute approximate surface area is 374 Å². The molecule has 0 saturated heterocycles. The molecule has 0 atom stereocenters. The van der Waals surface area contributed by atoms with Crippen molar-refractivity contribution in [2.75, 3.05) is 0 Å². The standard InChI is InChI=1S/C57H33N5S2/c1-3-15-34(16-4-1)55-58-56(35-27-28-41-40-21-9-13-25-48(40)63-50(41)31-35)60-57(59-55)45-32-37(33-51-52(45)44-22-10-14-26-49(44)64-51)62-47-24-12-8-20-39(47)43-30-29-42-38-19-7-11-23-46(38)61(53(42)54(43)62)36-17-5-2-6-18-36/h1-33H. The first-order valence-electron chi connectivity index (χ1n) is 21.4. The first-order valence-corrected chi connectivity index (χ1v) is 23.1. The lowest BCUT2D eigenvalue weighted by molar-refractivity contribution is 1.07. The molecule has 0 radical (unpaired) electrons. The van der Waals surface area contributed by atoms with Crippen molar-refractivity contribution in [3.05, 3.63) is 200 Å². The number of aromatic nitrogens is 5. The molecule has 0 fully saturated rings. The highest BCUT2D eigenvalue weighted by Gasteiger charge is 2.24. The molecule has 5 nitrogen and oxygen atoms in total. The minimum Gasteiger partial charge on any atom is -0.307 e. The van der Waals surface area contributed by atoms with Crippen molar-refractivity contribution in [2.45, 2.75) is 0 Å². The second-order valence-corrected chi connectivity index (χ2v) is 18.5. The molecule has 64 heavy (non-hydrogen) atoms. The van der Waals surface area contributed by atoms with Gasteiger partial charge in [-0.1, -0.05) is 146 Å². The van der Waals surface area contributed by atoms with Crippen molar-refractivity contribution >= 4 is 107 Å². The van der Waals surface area contributed by atoms with Crippen LogP contribution in [0, 0.1) is 0 Å². The molecule has 298 valence electrons. The summed E-state index contributed by atoms with van der Waals surface area (Å²) in [6.07, 6.45) is 0. The highest BCUT2D eigenvalue weighted by Crippen LogP contribution is 2.46. The Balaban J connectivity index is 1.10. The highest BCUT2D eigenvalue weighted by atomic mass is 32.1. The lowest BCUT2D eigenvalue weighted by Crippen LogP contribution is -2.02. The monoisotopic (exact) mass is 851 g/mol. The van der Waals surface area contributed by atoms with Crippen molar-refractivity contribution < 1.29 is 0 Å². The van der Waals surface area contributed by atoms with Gasteiger partial charge in [-0.2, -0.15) is 0 Å². The number of nitrogens with zero attached hydrogens (tertiary/aromatic N) is 5. The van der Waals surface area contributed by atoms with Gasteiger partial charge in [0.05, 0.1) is 22.1 Å². The molecular weight excluding hydrogens is 819 g/mol. The fourth-order valence-electron chi connectivity index (χ4n) is 9.97. The molecule has 14 rings (SSSR count). The summed E-state index contributed by atoms with van der Waals surface area (Å²) in [4.78, 5) is 16.0. The fourth-order valence-corrected chi connectivity index (χ4v) is 12.3. The summed E-state index contributed by atoms with van der Waals surface area (Å²) < 4.78 is 9.79. The summed E-state index contributed by atoms with van der Waals surface area (Å²) in [5.41, 5.74) is 9.68. The number of benzene rings is 9. The van der Waals surface area contributed by atoms with E-state index in [1.165, 1.54) is 67.5 Å². The average Bonchev–Trinajstić information content (AvgIpc) is 4.11. The zero-order valence-corrected chi connectivity index (χ0v) is 35.7. The van der Waals surface area contributed by atoms with Gasteiger partial charge in [-0.25, -0.2) is 15.0 Å². The van der Waals surface area contributed by atoms with Crippen LogP contribution in [0.5, 0.6) is 0 Å². The van der Waals surface area contributed by atoms with Gasteiger partial charge >= 0.3 is 0 Å². The molecule has 14 aromatic rings. The molecule has 9 aromatic carbocycles. The minimum atomic E-state index is 0.639. The second kappa shape index (κ2) is 13.8. The first kappa shape index (κ1) is 35.6. The van der Waals surface area contributed by atoms with Crippen molar-refractivity contribution in [1.82, 2.24) is 24.1 Å². The average molecular weight is 852 g/mol. The maximum Gasteiger partial charge on any atom is 0.164 e. The predicted molar refractivity (Wildman–Crippen MR) is 271 cm³/mol. The number of rotatable bonds is 5. The highest BCUT2D eigenvalue weighted by molar-refractivity contribution is 7.26. The van der Waals surface area contributed by atoms with Gasteiger partial charge in [0, 0.05) is 90.0 Å². The number of fused-ring (bicyclic) bond motifs is 13. The van der Waals surface area contributed by atoms with Crippen LogP contribution >= 0.6 is 22.7 Å². The second-order valence-electron chi connectivity index (χ2n) is 16.3. The Morgan fingerprint density at radius 1 is 0.312 bits per heavy atom. The lowest BCUT2D eigenvalue weighted by atomic mass is 10.0. The van der Waals surface area contributed by atoms with Crippen molar-refractivity contribution in [1.29, 1.82) is 0 Å². The number of thiophene rings is 2. The van der Waals surface area contributed by atoms with Gasteiger partial charge in [-0.3, -0.25) is 0 Å². The third-order valence-electron chi connectivity index (χ3n) is 12.7. The van der Waals surface area contributed by atoms with Crippen LogP contribution < -0.4 is 0 Å². The summed E-state index contributed by atoms with van der Waals surface area (Å²) in [5.74, 6) is 1.92. The molecule has 0 amide bonds. The maximum atomic E-state index is 5.45. The molecule has 0 bridgehead atoms. The van der Waals surface area contributed by atoms with E-state index < -0.39 is 0 Å². The van der Waals surface area contributed by atoms with Gasteiger partial charge < -0.3 is 9.13 Å². The van der Waals surface area contributed by atoms with Crippen LogP contribution in [0.4, 0.5) is 0 Å². The SMILES string of the molecule is c1ccc(-c2nc(-c3ccc4c(c3)sc3ccccc34)nc(-c3cc(-n4c5ccccc5c5ccc6c7ccccc7n(-c7ccccc7)c6c54)cc4sc5ccccc5c34)n2)cc1. The van der Waals surface area contributed by atoms with Crippen molar-refractivity contribution in [3.63, 3.8) is 0 Å².